The molecule has 2 rings (SSSR count). The van der Waals surface area contributed by atoms with Gasteiger partial charge in [0.15, 0.2) is 6.61 Å². The number of hydrogen-bond acceptors (Lipinski definition) is 7. The number of primary amides is 1. The van der Waals surface area contributed by atoms with Crippen LogP contribution in [-0.4, -0.2) is 45.0 Å². The van der Waals surface area contributed by atoms with E-state index in [0.29, 0.717) is 17.3 Å². The molecule has 0 bridgehead atoms. The van der Waals surface area contributed by atoms with Crippen LogP contribution in [0, 0.1) is 0 Å². The normalized spacial score (nSPS) is 10.2. The molecule has 1 aromatic carbocycles. The highest BCUT2D eigenvalue weighted by Gasteiger charge is 2.07. The first-order valence-corrected chi connectivity index (χ1v) is 8.18. The van der Waals surface area contributed by atoms with E-state index in [2.05, 4.69) is 20.8 Å². The summed E-state index contributed by atoms with van der Waals surface area (Å²) in [6.07, 6.45) is 0. The number of aryl methyl sites for hydroxylation is 1. The number of nitrogens with two attached hydrogens (primary N) is 1. The van der Waals surface area contributed by atoms with Crippen LogP contribution in [0.1, 0.15) is 5.56 Å². The molecule has 2 aromatic rings. The standard InChI is InChI=1S/C13H17ClN6O2S.ClH/c1-20-13(17-18-19-20)23-5-4-16-7-9-6-10(14)2-3-11(9)22-8-12(15)21;/h2-3,6,16H,4-5,7-8H2,1H3,(H2,15,21);1H. The molecule has 0 fully saturated rings. The predicted octanol–water partition coefficient (Wildman–Crippen LogP) is 1.03. The summed E-state index contributed by atoms with van der Waals surface area (Å²) in [7, 11) is 1.80. The Labute approximate surface area is 154 Å². The zero-order valence-electron chi connectivity index (χ0n) is 12.9. The fraction of sp³-hybridized carbons (Fsp3) is 0.385. The number of carbonyl (C=O) groups excluding carboxylic acids is 1. The summed E-state index contributed by atoms with van der Waals surface area (Å²) in [6, 6.07) is 5.23. The minimum atomic E-state index is -0.521. The Morgan fingerprint density at radius 2 is 2.29 bits per heavy atom. The number of carbonyl (C=O) groups is 1. The lowest BCUT2D eigenvalue weighted by Gasteiger charge is -2.11. The van der Waals surface area contributed by atoms with E-state index in [4.69, 9.17) is 22.1 Å². The third-order valence-electron chi connectivity index (χ3n) is 2.80. The molecule has 0 saturated heterocycles. The second-order valence-corrected chi connectivity index (χ2v) is 6.12. The van der Waals surface area contributed by atoms with Gasteiger partial charge < -0.3 is 15.8 Å². The lowest BCUT2D eigenvalue weighted by Crippen LogP contribution is -2.21. The maximum atomic E-state index is 10.8. The second-order valence-electron chi connectivity index (χ2n) is 4.62. The van der Waals surface area contributed by atoms with Gasteiger partial charge in [0.2, 0.25) is 5.16 Å². The average molecular weight is 393 g/mol. The molecule has 8 nitrogen and oxygen atoms in total. The topological polar surface area (TPSA) is 108 Å². The van der Waals surface area contributed by atoms with Crippen molar-refractivity contribution in [2.24, 2.45) is 12.8 Å². The van der Waals surface area contributed by atoms with Crippen molar-refractivity contribution >= 4 is 41.7 Å². The van der Waals surface area contributed by atoms with Crippen molar-refractivity contribution in [2.75, 3.05) is 18.9 Å². The molecular weight excluding hydrogens is 375 g/mol. The molecule has 0 radical (unpaired) electrons. The first-order chi connectivity index (χ1) is 11.1. The van der Waals surface area contributed by atoms with Crippen molar-refractivity contribution in [3.8, 4) is 5.75 Å². The molecule has 132 valence electrons. The van der Waals surface area contributed by atoms with Gasteiger partial charge >= 0.3 is 0 Å². The zero-order chi connectivity index (χ0) is 16.7. The van der Waals surface area contributed by atoms with Crippen molar-refractivity contribution in [3.63, 3.8) is 0 Å². The molecule has 0 unspecified atom stereocenters. The number of aromatic nitrogens is 4. The molecule has 0 aliphatic heterocycles. The minimum Gasteiger partial charge on any atom is -0.483 e. The number of nitrogens with one attached hydrogen (secondary N) is 1. The first kappa shape index (κ1) is 20.5. The number of nitrogens with zero attached hydrogens (tertiary/aromatic N) is 4. The molecule has 11 heteroatoms. The van der Waals surface area contributed by atoms with Crippen LogP contribution in [0.4, 0.5) is 0 Å². The number of ether oxygens (including phenoxy) is 1. The Balaban J connectivity index is 0.00000288. The quantitative estimate of drug-likeness (QED) is 0.484. The van der Waals surface area contributed by atoms with Crippen LogP contribution in [-0.2, 0) is 18.4 Å². The highest BCUT2D eigenvalue weighted by molar-refractivity contribution is 7.99. The van der Waals surface area contributed by atoms with Gasteiger partial charge in [-0.05, 0) is 28.6 Å². The smallest absolute Gasteiger partial charge is 0.255 e. The number of hydrogen-bond donors (Lipinski definition) is 2. The number of thioether (sulfide) groups is 1. The lowest BCUT2D eigenvalue weighted by atomic mass is 10.2. The number of benzene rings is 1. The lowest BCUT2D eigenvalue weighted by molar-refractivity contribution is -0.119. The van der Waals surface area contributed by atoms with Crippen molar-refractivity contribution in [3.05, 3.63) is 28.8 Å². The van der Waals surface area contributed by atoms with Crippen LogP contribution in [0.3, 0.4) is 0 Å². The van der Waals surface area contributed by atoms with E-state index in [9.17, 15) is 4.79 Å². The van der Waals surface area contributed by atoms with E-state index < -0.39 is 5.91 Å². The molecule has 1 amide bonds. The molecule has 0 aliphatic rings. The molecule has 0 saturated carbocycles. The summed E-state index contributed by atoms with van der Waals surface area (Å²) in [5, 5.41) is 15.9. The molecule has 0 aliphatic carbocycles. The Bertz CT molecular complexity index is 670. The number of rotatable bonds is 9. The Hall–Kier alpha value is -1.55. The van der Waals surface area contributed by atoms with Gasteiger partial charge in [-0.25, -0.2) is 4.68 Å². The third-order valence-corrected chi connectivity index (χ3v) is 4.05. The average Bonchev–Trinajstić information content (AvgIpc) is 2.91. The Morgan fingerprint density at radius 1 is 1.50 bits per heavy atom. The molecule has 0 spiro atoms. The van der Waals surface area contributed by atoms with Gasteiger partial charge in [-0.15, -0.1) is 17.5 Å². The number of tetrazole rings is 1. The predicted molar refractivity (Wildman–Crippen MR) is 94.6 cm³/mol. The van der Waals surface area contributed by atoms with E-state index in [1.807, 2.05) is 0 Å². The van der Waals surface area contributed by atoms with Gasteiger partial charge in [0.1, 0.15) is 5.75 Å². The maximum Gasteiger partial charge on any atom is 0.255 e. The highest BCUT2D eigenvalue weighted by Crippen LogP contribution is 2.23. The van der Waals surface area contributed by atoms with E-state index in [-0.39, 0.29) is 19.0 Å². The van der Waals surface area contributed by atoms with Gasteiger partial charge in [0, 0.05) is 36.5 Å². The van der Waals surface area contributed by atoms with Crippen LogP contribution < -0.4 is 15.8 Å². The van der Waals surface area contributed by atoms with E-state index >= 15 is 0 Å². The van der Waals surface area contributed by atoms with Crippen LogP contribution in [0.5, 0.6) is 5.75 Å². The van der Waals surface area contributed by atoms with E-state index in [1.165, 1.54) is 0 Å². The van der Waals surface area contributed by atoms with E-state index in [0.717, 1.165) is 23.0 Å². The summed E-state index contributed by atoms with van der Waals surface area (Å²) in [5.74, 6) is 0.880. The summed E-state index contributed by atoms with van der Waals surface area (Å²) in [5.41, 5.74) is 5.96. The molecule has 1 aromatic heterocycles. The van der Waals surface area contributed by atoms with Crippen molar-refractivity contribution < 1.29 is 9.53 Å². The summed E-state index contributed by atoms with van der Waals surface area (Å²) in [4.78, 5) is 10.8. The maximum absolute atomic E-state index is 10.8. The van der Waals surface area contributed by atoms with Crippen molar-refractivity contribution in [1.29, 1.82) is 0 Å². The fourth-order valence-electron chi connectivity index (χ4n) is 1.76. The van der Waals surface area contributed by atoms with Crippen LogP contribution in [0.25, 0.3) is 0 Å². The van der Waals surface area contributed by atoms with Crippen LogP contribution >= 0.6 is 35.8 Å². The van der Waals surface area contributed by atoms with Gasteiger partial charge in [0.05, 0.1) is 0 Å². The van der Waals surface area contributed by atoms with Crippen LogP contribution in [0.2, 0.25) is 5.02 Å². The summed E-state index contributed by atoms with van der Waals surface area (Å²) >= 11 is 7.56. The van der Waals surface area contributed by atoms with Gasteiger partial charge in [0.25, 0.3) is 5.91 Å². The molecular formula is C13H18Cl2N6O2S. The molecule has 0 atom stereocenters. The van der Waals surface area contributed by atoms with Gasteiger partial charge in [-0.2, -0.15) is 0 Å². The summed E-state index contributed by atoms with van der Waals surface area (Å²) < 4.78 is 7.00. The molecule has 3 N–H and O–H groups in total. The third kappa shape index (κ3) is 6.52. The van der Waals surface area contributed by atoms with Crippen LogP contribution in [0.15, 0.2) is 23.4 Å². The first-order valence-electron chi connectivity index (χ1n) is 6.81. The van der Waals surface area contributed by atoms with Gasteiger partial charge in [-0.1, -0.05) is 23.4 Å². The molecule has 24 heavy (non-hydrogen) atoms. The highest BCUT2D eigenvalue weighted by atomic mass is 35.5. The zero-order valence-corrected chi connectivity index (χ0v) is 15.3. The minimum absolute atomic E-state index is 0. The SMILES string of the molecule is Cl.Cn1nnnc1SCCNCc1cc(Cl)ccc1OCC(N)=O. The van der Waals surface area contributed by atoms with Crippen molar-refractivity contribution in [1.82, 2.24) is 25.5 Å². The monoisotopic (exact) mass is 392 g/mol. The van der Waals surface area contributed by atoms with Gasteiger partial charge in [-0.3, -0.25) is 4.79 Å². The number of halogens is 2. The largest absolute Gasteiger partial charge is 0.483 e. The van der Waals surface area contributed by atoms with Crippen molar-refractivity contribution in [2.45, 2.75) is 11.7 Å². The summed E-state index contributed by atoms with van der Waals surface area (Å²) in [6.45, 7) is 1.15. The van der Waals surface area contributed by atoms with E-state index in [1.54, 1.807) is 41.7 Å². The fourth-order valence-corrected chi connectivity index (χ4v) is 2.70. The Kier molecular flexibility index (Phi) is 8.83. The number of amides is 1. The molecule has 1 heterocycles. The Morgan fingerprint density at radius 3 is 2.96 bits per heavy atom. The second kappa shape index (κ2) is 10.3.